The molecule has 59 heavy (non-hydrogen) atoms. The van der Waals surface area contributed by atoms with E-state index < -0.39 is 0 Å². The van der Waals surface area contributed by atoms with E-state index in [-0.39, 0.29) is 35.7 Å². The van der Waals surface area contributed by atoms with Crippen molar-refractivity contribution in [2.45, 2.75) is 114 Å². The zero-order chi connectivity index (χ0) is 41.5. The zero-order valence-corrected chi connectivity index (χ0v) is 44.0. The summed E-state index contributed by atoms with van der Waals surface area (Å²) in [6.07, 6.45) is 3.64. The molecule has 0 aromatic heterocycles. The fraction of sp³-hybridized carbons (Fsp3) is 0.333. The van der Waals surface area contributed by atoms with E-state index in [1.54, 1.807) is 18.2 Å². The first-order chi connectivity index (χ1) is 26.8. The molecule has 0 saturated heterocycles. The van der Waals surface area contributed by atoms with Gasteiger partial charge in [0.2, 0.25) is 0 Å². The molecule has 8 rings (SSSR count). The molecule has 7 aromatic carbocycles. The van der Waals surface area contributed by atoms with E-state index in [9.17, 15) is 0 Å². The van der Waals surface area contributed by atoms with Crippen LogP contribution < -0.4 is 29.6 Å². The van der Waals surface area contributed by atoms with Gasteiger partial charge in [0, 0.05) is 0 Å². The maximum Gasteiger partial charge on any atom is -0.0271 e. The van der Waals surface area contributed by atoms with Crippen LogP contribution in [0.5, 0.6) is 5.75 Å². The maximum atomic E-state index is 5.95. The van der Waals surface area contributed by atoms with Crippen LogP contribution in [-0.4, -0.2) is 12.6 Å². The van der Waals surface area contributed by atoms with Gasteiger partial charge in [0.05, 0.1) is 7.11 Å². The zero-order valence-electron chi connectivity index (χ0n) is 37.9. The van der Waals surface area contributed by atoms with E-state index in [4.69, 9.17) is 4.74 Å². The summed E-state index contributed by atoms with van der Waals surface area (Å²) in [6.45, 7) is 29.0. The summed E-state index contributed by atoms with van der Waals surface area (Å²) < 4.78 is 5.95. The van der Waals surface area contributed by atoms with Gasteiger partial charge in [-0.05, 0) is 88.5 Å². The number of methoxy groups -OCH3 is 1. The van der Waals surface area contributed by atoms with Gasteiger partial charge < -0.3 is 29.6 Å². The van der Waals surface area contributed by atoms with Gasteiger partial charge in [-0.3, -0.25) is 0 Å². The van der Waals surface area contributed by atoms with Gasteiger partial charge in [-0.1, -0.05) is 150 Å². The van der Waals surface area contributed by atoms with E-state index >= 15 is 0 Å². The van der Waals surface area contributed by atoms with Crippen LogP contribution in [0.3, 0.4) is 0 Å². The molecule has 0 spiro atoms. The Hall–Kier alpha value is -3.21. The topological polar surface area (TPSA) is 9.23 Å². The summed E-state index contributed by atoms with van der Waals surface area (Å²) in [4.78, 5) is 0. The van der Waals surface area contributed by atoms with Crippen LogP contribution in [0.2, 0.25) is 13.1 Å². The normalized spacial score (nSPS) is 11.9. The van der Waals surface area contributed by atoms with E-state index in [2.05, 4.69) is 174 Å². The van der Waals surface area contributed by atoms with E-state index in [0.29, 0.717) is 0 Å². The smallest absolute Gasteiger partial charge is 0.0271 e. The first-order valence-electron chi connectivity index (χ1n) is 20.7. The van der Waals surface area contributed by atoms with Crippen molar-refractivity contribution < 1.29 is 52.6 Å². The van der Waals surface area contributed by atoms with Gasteiger partial charge in [0.1, 0.15) is 5.75 Å². The van der Waals surface area contributed by atoms with Crippen LogP contribution in [0.15, 0.2) is 84.9 Å². The van der Waals surface area contributed by atoms with Gasteiger partial charge in [-0.2, -0.15) is 12.1 Å². The molecule has 0 unspecified atom stereocenters. The molecule has 0 fully saturated rings. The van der Waals surface area contributed by atoms with E-state index in [0.717, 1.165) is 5.75 Å². The summed E-state index contributed by atoms with van der Waals surface area (Å²) in [6, 6.07) is 32.5. The van der Waals surface area contributed by atoms with Crippen LogP contribution in [0.1, 0.15) is 88.4 Å². The quantitative estimate of drug-likeness (QED) is 0.126. The fourth-order valence-corrected chi connectivity index (χ4v) is 9.25. The Morgan fingerprint density at radius 2 is 0.932 bits per heavy atom. The first kappa shape index (κ1) is 48.5. The van der Waals surface area contributed by atoms with Gasteiger partial charge in [0.25, 0.3) is 0 Å². The Labute approximate surface area is 383 Å². The molecule has 0 amide bonds. The van der Waals surface area contributed by atoms with E-state index in [1.807, 2.05) is 0 Å². The van der Waals surface area contributed by atoms with Crippen LogP contribution in [-0.2, 0) is 41.3 Å². The molecule has 5 heteroatoms. The van der Waals surface area contributed by atoms with Crippen molar-refractivity contribution in [3.63, 3.8) is 0 Å². The Morgan fingerprint density at radius 3 is 1.37 bits per heavy atom. The maximum absolute atomic E-state index is 5.95. The van der Waals surface area contributed by atoms with Crippen molar-refractivity contribution in [1.82, 2.24) is 0 Å². The first-order valence-corrected chi connectivity index (χ1v) is 28.5. The molecule has 0 N–H and O–H groups in total. The van der Waals surface area contributed by atoms with Crippen LogP contribution in [0.25, 0.3) is 54.9 Å². The van der Waals surface area contributed by atoms with Gasteiger partial charge >= 0.3 is 41.6 Å². The number of rotatable bonds is 4. The Kier molecular flexibility index (Phi) is 16.1. The monoisotopic (exact) mass is 1000 g/mol. The van der Waals surface area contributed by atoms with Gasteiger partial charge in [0.15, 0.2) is 0 Å². The minimum atomic E-state index is 0. The summed E-state index contributed by atoms with van der Waals surface area (Å²) in [5.41, 5.74) is 23.6. The van der Waals surface area contributed by atoms with Gasteiger partial charge in [-0.15, -0.1) is 50.9 Å². The predicted molar refractivity (Wildman–Crippen MR) is 248 cm³/mol. The van der Waals surface area contributed by atoms with Crippen molar-refractivity contribution >= 4 is 27.0 Å². The molecule has 0 bridgehead atoms. The average molecular weight is 1000 g/mol. The summed E-state index contributed by atoms with van der Waals surface area (Å²) >= 11 is 1.45. The van der Waals surface area contributed by atoms with Crippen molar-refractivity contribution in [3.05, 3.63) is 146 Å². The summed E-state index contributed by atoms with van der Waals surface area (Å²) in [7, 11) is 1.79. The second-order valence-corrected chi connectivity index (χ2v) is 30.9. The van der Waals surface area contributed by atoms with Crippen molar-refractivity contribution in [1.29, 1.82) is 0 Å². The number of hydrogen-bond donors (Lipinski definition) is 0. The molecule has 0 radical (unpaired) electrons. The van der Waals surface area contributed by atoms with Crippen LogP contribution in [0, 0.1) is 55.4 Å². The molecule has 0 atom stereocenters. The number of halogens is 2. The minimum Gasteiger partial charge on any atom is -1.00 e. The third-order valence-corrected chi connectivity index (χ3v) is 11.0. The number of aryl methyl sites for hydroxylation is 8. The molecule has 1 nitrogen and oxygen atoms in total. The molecule has 0 heterocycles. The Bertz CT molecular complexity index is 2490. The number of benzene rings is 5. The molecule has 7 aromatic rings. The summed E-state index contributed by atoms with van der Waals surface area (Å²) in [5.74, 6) is 1.01. The van der Waals surface area contributed by atoms with Crippen LogP contribution >= 0.6 is 0 Å². The van der Waals surface area contributed by atoms with Crippen LogP contribution in [0.4, 0.5) is 0 Å². The second kappa shape index (κ2) is 19.7. The van der Waals surface area contributed by atoms with Crippen molar-refractivity contribution in [2.24, 2.45) is 0 Å². The third-order valence-electron chi connectivity index (χ3n) is 11.0. The van der Waals surface area contributed by atoms with Gasteiger partial charge in [-0.25, -0.2) is 0 Å². The average Bonchev–Trinajstić information content (AvgIpc) is 3.81. The summed E-state index contributed by atoms with van der Waals surface area (Å²) in [5, 5.41) is 5.44. The molecule has 1 aliphatic carbocycles. The largest absolute Gasteiger partial charge is 1.00 e. The van der Waals surface area contributed by atoms with Crippen molar-refractivity contribution in [3.8, 4) is 39.1 Å². The molecular weight excluding hydrogens is 942 g/mol. The second-order valence-electron chi connectivity index (χ2n) is 18.2. The third kappa shape index (κ3) is 10.8. The Morgan fingerprint density at radius 1 is 0.542 bits per heavy atom. The molecular formula is C54H62Cl2HfOSi-2. The molecule has 308 valence electrons. The fourth-order valence-electron chi connectivity index (χ4n) is 9.25. The predicted octanol–water partition coefficient (Wildman–Crippen LogP) is 9.17. The van der Waals surface area contributed by atoms with Crippen molar-refractivity contribution in [2.75, 3.05) is 7.11 Å². The SMILES string of the molecule is COc1c(C(C)(C)C)cc2[cH-]c(C)cc2c1-c1cc(C)cc(C)c1.C[Si](C)=[Hf+2].Cc1cc(C)cc(-c2c3c(c(-c4cc(C)cc(C)c4)c4[cH-]c(C)cc24)CCC3)c1.[Cl-].[Cl-]. The minimum absolute atomic E-state index is 0. The number of hydrogen-bond acceptors (Lipinski definition) is 1. The molecule has 1 aliphatic rings. The number of fused-ring (bicyclic) bond motifs is 3. The Balaban J connectivity index is 0.000000235. The van der Waals surface area contributed by atoms with E-state index in [1.165, 1.54) is 147 Å². The standard InChI is InChI=1S/C29H29.C23H27O.C2H6Si.2ClH.Hf/c1-17-9-18(2)12-22(11-17)28-24-7-6-8-25(24)29(27-16-21(5)15-26(27)28)23-13-19(3)10-20(4)14-23;1-14-8-15(2)11-18(10-14)21-19-12-16(3)9-17(19)13-20(22(21)24-7)23(4,5)6;1-3-2;;;/h9-16H,6-8H2,1-5H3;8-13H,1-7H3;1-2H3;2*1H;/q2*-1;;;;+2/p-2. The molecule has 0 aliphatic heterocycles. The molecule has 0 saturated carbocycles. The number of ether oxygens (including phenoxy) is 1.